The summed E-state index contributed by atoms with van der Waals surface area (Å²) in [7, 11) is 0. The minimum absolute atomic E-state index is 0.221. The quantitative estimate of drug-likeness (QED) is 0.679. The molecule has 0 atom stereocenters. The van der Waals surface area contributed by atoms with Crippen LogP contribution in [-0.2, 0) is 0 Å². The Kier molecular flexibility index (Phi) is 1.84. The van der Waals surface area contributed by atoms with Crippen LogP contribution in [0.2, 0.25) is 0 Å². The predicted molar refractivity (Wildman–Crippen MR) is 45.0 cm³/mol. The second-order valence-corrected chi connectivity index (χ2v) is 2.40. The first-order valence-corrected chi connectivity index (χ1v) is 3.68. The Bertz CT molecular complexity index is 409. The maximum absolute atomic E-state index is 10.3. The SMILES string of the molecule is O=Cc1nc(-c2cccnc2)n[nH]1. The van der Waals surface area contributed by atoms with Gasteiger partial charge in [-0.1, -0.05) is 0 Å². The normalized spacial score (nSPS) is 9.85. The van der Waals surface area contributed by atoms with E-state index < -0.39 is 0 Å². The Labute approximate surface area is 73.9 Å². The summed E-state index contributed by atoms with van der Waals surface area (Å²) in [5.41, 5.74) is 0.784. The minimum atomic E-state index is 0.221. The van der Waals surface area contributed by atoms with Crippen molar-refractivity contribution in [3.8, 4) is 11.4 Å². The standard InChI is InChI=1S/C8H6N4O/c13-5-7-10-8(12-11-7)6-2-1-3-9-4-6/h1-5H,(H,10,11,12). The fraction of sp³-hybridized carbons (Fsp3) is 0. The molecule has 5 nitrogen and oxygen atoms in total. The average molecular weight is 174 g/mol. The van der Waals surface area contributed by atoms with Crippen molar-refractivity contribution in [1.29, 1.82) is 0 Å². The van der Waals surface area contributed by atoms with Gasteiger partial charge in [0.15, 0.2) is 17.9 Å². The average Bonchev–Trinajstić information content (AvgIpc) is 2.67. The van der Waals surface area contributed by atoms with Crippen LogP contribution < -0.4 is 0 Å². The number of aromatic nitrogens is 4. The Hall–Kier alpha value is -2.04. The molecule has 0 amide bonds. The lowest BCUT2D eigenvalue weighted by Gasteiger charge is -1.89. The van der Waals surface area contributed by atoms with E-state index in [2.05, 4.69) is 20.2 Å². The van der Waals surface area contributed by atoms with Gasteiger partial charge < -0.3 is 0 Å². The molecule has 0 unspecified atom stereocenters. The van der Waals surface area contributed by atoms with Crippen LogP contribution in [0.3, 0.4) is 0 Å². The van der Waals surface area contributed by atoms with E-state index in [4.69, 9.17) is 0 Å². The summed E-state index contributed by atoms with van der Waals surface area (Å²) in [5.74, 6) is 0.703. The van der Waals surface area contributed by atoms with Gasteiger partial charge in [0.1, 0.15) is 0 Å². The lowest BCUT2D eigenvalue weighted by atomic mass is 10.3. The van der Waals surface area contributed by atoms with Crippen LogP contribution in [0.5, 0.6) is 0 Å². The largest absolute Gasteiger partial charge is 0.294 e. The molecule has 1 N–H and O–H groups in total. The van der Waals surface area contributed by atoms with Crippen LogP contribution in [-0.4, -0.2) is 26.5 Å². The molecule has 0 aliphatic heterocycles. The summed E-state index contributed by atoms with van der Waals surface area (Å²) in [6.45, 7) is 0. The molecule has 2 aromatic heterocycles. The highest BCUT2D eigenvalue weighted by Crippen LogP contribution is 2.10. The van der Waals surface area contributed by atoms with Crippen LogP contribution in [0.25, 0.3) is 11.4 Å². The number of nitrogens with one attached hydrogen (secondary N) is 1. The molecule has 0 aromatic carbocycles. The van der Waals surface area contributed by atoms with Crippen molar-refractivity contribution in [3.05, 3.63) is 30.4 Å². The monoisotopic (exact) mass is 174 g/mol. The van der Waals surface area contributed by atoms with E-state index in [1.807, 2.05) is 6.07 Å². The van der Waals surface area contributed by atoms with Gasteiger partial charge in [0.2, 0.25) is 0 Å². The molecule has 2 heterocycles. The number of aldehydes is 1. The van der Waals surface area contributed by atoms with Crippen molar-refractivity contribution in [3.63, 3.8) is 0 Å². The summed E-state index contributed by atoms with van der Waals surface area (Å²) >= 11 is 0. The highest BCUT2D eigenvalue weighted by molar-refractivity contribution is 5.70. The van der Waals surface area contributed by atoms with Gasteiger partial charge in [0.05, 0.1) is 0 Å². The van der Waals surface area contributed by atoms with Crippen molar-refractivity contribution in [2.75, 3.05) is 0 Å². The fourth-order valence-corrected chi connectivity index (χ4v) is 0.951. The molecule has 2 aromatic rings. The maximum Gasteiger partial charge on any atom is 0.189 e. The summed E-state index contributed by atoms with van der Waals surface area (Å²) in [6.07, 6.45) is 3.92. The lowest BCUT2D eigenvalue weighted by Crippen LogP contribution is -1.82. The number of pyridine rings is 1. The molecule has 13 heavy (non-hydrogen) atoms. The van der Waals surface area contributed by atoms with Crippen molar-refractivity contribution in [2.45, 2.75) is 0 Å². The molecule has 5 heteroatoms. The first-order valence-electron chi connectivity index (χ1n) is 3.68. The molecule has 0 spiro atoms. The number of rotatable bonds is 2. The van der Waals surface area contributed by atoms with Crippen LogP contribution in [0, 0.1) is 0 Å². The molecular weight excluding hydrogens is 168 g/mol. The number of H-pyrrole nitrogens is 1. The molecule has 0 radical (unpaired) electrons. The van der Waals surface area contributed by atoms with E-state index in [1.54, 1.807) is 18.5 Å². The molecule has 0 aliphatic rings. The van der Waals surface area contributed by atoms with Crippen LogP contribution >= 0.6 is 0 Å². The number of hydrogen-bond donors (Lipinski definition) is 1. The zero-order valence-corrected chi connectivity index (χ0v) is 6.64. The van der Waals surface area contributed by atoms with Gasteiger partial charge in [0, 0.05) is 18.0 Å². The Morgan fingerprint density at radius 3 is 3.00 bits per heavy atom. The van der Waals surface area contributed by atoms with Crippen molar-refractivity contribution in [2.24, 2.45) is 0 Å². The molecule has 0 saturated heterocycles. The van der Waals surface area contributed by atoms with Crippen LogP contribution in [0.4, 0.5) is 0 Å². The van der Waals surface area contributed by atoms with Gasteiger partial charge in [-0.3, -0.25) is 14.9 Å². The van der Waals surface area contributed by atoms with Crippen LogP contribution in [0.15, 0.2) is 24.5 Å². The summed E-state index contributed by atoms with van der Waals surface area (Å²) < 4.78 is 0. The first kappa shape index (κ1) is 7.60. The predicted octanol–water partition coefficient (Wildman–Crippen LogP) is 0.679. The van der Waals surface area contributed by atoms with Crippen LogP contribution in [0.1, 0.15) is 10.6 Å². The molecule has 0 saturated carbocycles. The molecule has 0 aliphatic carbocycles. The smallest absolute Gasteiger partial charge is 0.189 e. The van der Waals surface area contributed by atoms with E-state index in [0.717, 1.165) is 5.56 Å². The van der Waals surface area contributed by atoms with Crippen molar-refractivity contribution >= 4 is 6.29 Å². The molecule has 2 rings (SSSR count). The third-order valence-electron chi connectivity index (χ3n) is 1.53. The van der Waals surface area contributed by atoms with Crippen molar-refractivity contribution in [1.82, 2.24) is 20.2 Å². The van der Waals surface area contributed by atoms with Gasteiger partial charge >= 0.3 is 0 Å². The first-order chi connectivity index (χ1) is 6.40. The van der Waals surface area contributed by atoms with Gasteiger partial charge in [-0.2, -0.15) is 5.10 Å². The summed E-state index contributed by atoms with van der Waals surface area (Å²) in [4.78, 5) is 18.1. The number of carbonyl (C=O) groups is 1. The zero-order chi connectivity index (χ0) is 9.10. The number of nitrogens with zero attached hydrogens (tertiary/aromatic N) is 3. The van der Waals surface area contributed by atoms with E-state index in [9.17, 15) is 4.79 Å². The Morgan fingerprint density at radius 1 is 1.46 bits per heavy atom. The van der Waals surface area contributed by atoms with Gasteiger partial charge in [0.25, 0.3) is 0 Å². The van der Waals surface area contributed by atoms with E-state index in [-0.39, 0.29) is 5.82 Å². The maximum atomic E-state index is 10.3. The number of carbonyl (C=O) groups excluding carboxylic acids is 1. The van der Waals surface area contributed by atoms with E-state index in [0.29, 0.717) is 12.1 Å². The van der Waals surface area contributed by atoms with Gasteiger partial charge in [-0.25, -0.2) is 4.98 Å². The van der Waals surface area contributed by atoms with Gasteiger partial charge in [-0.05, 0) is 12.1 Å². The topological polar surface area (TPSA) is 71.5 Å². The highest BCUT2D eigenvalue weighted by atomic mass is 16.1. The molecule has 0 fully saturated rings. The van der Waals surface area contributed by atoms with Gasteiger partial charge in [-0.15, -0.1) is 0 Å². The molecule has 0 bridgehead atoms. The zero-order valence-electron chi connectivity index (χ0n) is 6.64. The third-order valence-corrected chi connectivity index (χ3v) is 1.53. The van der Waals surface area contributed by atoms with E-state index in [1.165, 1.54) is 0 Å². The minimum Gasteiger partial charge on any atom is -0.294 e. The number of hydrogen-bond acceptors (Lipinski definition) is 4. The molecular formula is C8H6N4O. The molecule has 64 valence electrons. The fourth-order valence-electron chi connectivity index (χ4n) is 0.951. The lowest BCUT2D eigenvalue weighted by molar-refractivity contribution is 0.111. The second-order valence-electron chi connectivity index (χ2n) is 2.40. The Morgan fingerprint density at radius 2 is 2.38 bits per heavy atom. The van der Waals surface area contributed by atoms with E-state index >= 15 is 0 Å². The highest BCUT2D eigenvalue weighted by Gasteiger charge is 2.03. The second kappa shape index (κ2) is 3.14. The van der Waals surface area contributed by atoms with Crippen molar-refractivity contribution < 1.29 is 4.79 Å². The summed E-state index contributed by atoms with van der Waals surface area (Å²) in [5, 5.41) is 6.35. The third kappa shape index (κ3) is 1.44. The summed E-state index contributed by atoms with van der Waals surface area (Å²) in [6, 6.07) is 3.61. The number of aromatic amines is 1. The Balaban J connectivity index is 2.41.